The number of aryl methyl sites for hydroxylation is 1. The molecule has 18 heavy (non-hydrogen) atoms. The van der Waals surface area contributed by atoms with Crippen LogP contribution in [0.4, 0.5) is 8.78 Å². The van der Waals surface area contributed by atoms with Crippen molar-refractivity contribution in [3.8, 4) is 0 Å². The minimum atomic E-state index is -0.846. The molecule has 1 aromatic carbocycles. The molecule has 0 spiro atoms. The molecule has 5 heteroatoms. The lowest BCUT2D eigenvalue weighted by atomic mass is 9.72. The van der Waals surface area contributed by atoms with Crippen LogP contribution in [0.15, 0.2) is 12.1 Å². The van der Waals surface area contributed by atoms with Crippen molar-refractivity contribution in [2.75, 3.05) is 7.11 Å². The second-order valence-corrected chi connectivity index (χ2v) is 4.82. The highest BCUT2D eigenvalue weighted by Crippen LogP contribution is 2.45. The Balaban J connectivity index is 2.42. The minimum Gasteiger partial charge on any atom is -0.376 e. The summed E-state index contributed by atoms with van der Waals surface area (Å²) in [6.07, 6.45) is 2.57. The molecule has 3 N–H and O–H groups in total. The zero-order valence-corrected chi connectivity index (χ0v) is 10.6. The van der Waals surface area contributed by atoms with Crippen molar-refractivity contribution < 1.29 is 13.5 Å². The van der Waals surface area contributed by atoms with E-state index in [1.165, 1.54) is 6.92 Å². The Kier molecular flexibility index (Phi) is 3.66. The average molecular weight is 256 g/mol. The van der Waals surface area contributed by atoms with Crippen LogP contribution >= 0.6 is 0 Å². The van der Waals surface area contributed by atoms with Crippen molar-refractivity contribution in [3.63, 3.8) is 0 Å². The van der Waals surface area contributed by atoms with Gasteiger partial charge in [-0.05, 0) is 31.7 Å². The third kappa shape index (κ3) is 1.92. The first-order valence-corrected chi connectivity index (χ1v) is 6.01. The van der Waals surface area contributed by atoms with Gasteiger partial charge in [0.25, 0.3) is 0 Å². The molecule has 0 aliphatic heterocycles. The maximum Gasteiger partial charge on any atom is 0.164 e. The molecule has 1 fully saturated rings. The highest BCUT2D eigenvalue weighted by atomic mass is 19.2. The molecular formula is C13H18F2N2O. The summed E-state index contributed by atoms with van der Waals surface area (Å²) in [4.78, 5) is 0. The number of nitrogens with one attached hydrogen (secondary N) is 1. The summed E-state index contributed by atoms with van der Waals surface area (Å²) in [7, 11) is 1.58. The van der Waals surface area contributed by atoms with Crippen LogP contribution in [0.5, 0.6) is 0 Å². The number of hydrogen-bond donors (Lipinski definition) is 2. The highest BCUT2D eigenvalue weighted by molar-refractivity contribution is 5.30. The summed E-state index contributed by atoms with van der Waals surface area (Å²) in [6.45, 7) is 1.53. The van der Waals surface area contributed by atoms with E-state index in [-0.39, 0.29) is 11.1 Å². The van der Waals surface area contributed by atoms with Crippen LogP contribution in [0.3, 0.4) is 0 Å². The first-order valence-electron chi connectivity index (χ1n) is 6.01. The van der Waals surface area contributed by atoms with Crippen molar-refractivity contribution in [1.29, 1.82) is 0 Å². The van der Waals surface area contributed by atoms with E-state index in [0.29, 0.717) is 0 Å². The first kappa shape index (κ1) is 13.4. The maximum atomic E-state index is 14.0. The minimum absolute atomic E-state index is 0.224. The summed E-state index contributed by atoms with van der Waals surface area (Å²) in [5.74, 6) is 3.85. The Bertz CT molecular complexity index is 441. The Morgan fingerprint density at radius 3 is 2.44 bits per heavy atom. The van der Waals surface area contributed by atoms with E-state index in [4.69, 9.17) is 10.6 Å². The van der Waals surface area contributed by atoms with Crippen molar-refractivity contribution >= 4 is 0 Å². The normalized spacial score (nSPS) is 19.4. The molecule has 1 aliphatic carbocycles. The van der Waals surface area contributed by atoms with E-state index < -0.39 is 23.3 Å². The number of nitrogens with two attached hydrogens (primary N) is 1. The largest absolute Gasteiger partial charge is 0.376 e. The van der Waals surface area contributed by atoms with E-state index in [2.05, 4.69) is 5.43 Å². The van der Waals surface area contributed by atoms with E-state index in [9.17, 15) is 8.78 Å². The first-order chi connectivity index (χ1) is 8.55. The van der Waals surface area contributed by atoms with Gasteiger partial charge in [0.2, 0.25) is 0 Å². The Morgan fingerprint density at radius 1 is 1.33 bits per heavy atom. The number of methoxy groups -OCH3 is 1. The van der Waals surface area contributed by atoms with Gasteiger partial charge in [0, 0.05) is 12.7 Å². The molecule has 0 bridgehead atoms. The van der Waals surface area contributed by atoms with Gasteiger partial charge >= 0.3 is 0 Å². The molecule has 2 rings (SSSR count). The molecule has 1 atom stereocenters. The van der Waals surface area contributed by atoms with Crippen LogP contribution in [-0.2, 0) is 4.74 Å². The Hall–Kier alpha value is -1.04. The van der Waals surface area contributed by atoms with Gasteiger partial charge in [0.1, 0.15) is 0 Å². The predicted octanol–water partition coefficient (Wildman–Crippen LogP) is 2.35. The van der Waals surface area contributed by atoms with Gasteiger partial charge in [0.15, 0.2) is 11.6 Å². The smallest absolute Gasteiger partial charge is 0.164 e. The lowest BCUT2D eigenvalue weighted by Gasteiger charge is -2.46. The SMILES string of the molecule is COC1(C(NN)c2ccc(C)c(F)c2F)CCC1. The fourth-order valence-corrected chi connectivity index (χ4v) is 2.54. The van der Waals surface area contributed by atoms with Gasteiger partial charge in [-0.1, -0.05) is 12.1 Å². The highest BCUT2D eigenvalue weighted by Gasteiger charge is 2.46. The summed E-state index contributed by atoms with van der Waals surface area (Å²) < 4.78 is 33.1. The summed E-state index contributed by atoms with van der Waals surface area (Å²) in [6, 6.07) is 2.59. The monoisotopic (exact) mass is 256 g/mol. The maximum absolute atomic E-state index is 14.0. The third-order valence-corrected chi connectivity index (χ3v) is 3.92. The number of ether oxygens (including phenoxy) is 1. The lowest BCUT2D eigenvalue weighted by Crippen LogP contribution is -2.52. The molecule has 3 nitrogen and oxygen atoms in total. The van der Waals surface area contributed by atoms with E-state index in [0.717, 1.165) is 19.3 Å². The van der Waals surface area contributed by atoms with Gasteiger partial charge in [0.05, 0.1) is 11.6 Å². The van der Waals surface area contributed by atoms with Crippen LogP contribution in [0, 0.1) is 18.6 Å². The molecule has 1 saturated carbocycles. The zero-order valence-electron chi connectivity index (χ0n) is 10.6. The molecular weight excluding hydrogens is 238 g/mol. The Morgan fingerprint density at radius 2 is 2.00 bits per heavy atom. The van der Waals surface area contributed by atoms with Gasteiger partial charge in [-0.25, -0.2) is 14.2 Å². The van der Waals surface area contributed by atoms with Crippen LogP contribution in [0.25, 0.3) is 0 Å². The molecule has 0 heterocycles. The second-order valence-electron chi connectivity index (χ2n) is 4.82. The van der Waals surface area contributed by atoms with Gasteiger partial charge in [-0.2, -0.15) is 0 Å². The molecule has 0 amide bonds. The molecule has 1 unspecified atom stereocenters. The van der Waals surface area contributed by atoms with E-state index in [1.54, 1.807) is 19.2 Å². The average Bonchev–Trinajstić information content (AvgIpc) is 2.32. The fourth-order valence-electron chi connectivity index (χ4n) is 2.54. The van der Waals surface area contributed by atoms with Gasteiger partial charge in [-0.15, -0.1) is 0 Å². The number of hydrazine groups is 1. The molecule has 100 valence electrons. The summed E-state index contributed by atoms with van der Waals surface area (Å²) in [5.41, 5.74) is 2.55. The molecule has 1 aliphatic rings. The lowest BCUT2D eigenvalue weighted by molar-refractivity contribution is -0.101. The molecule has 0 aromatic heterocycles. The standard InChI is InChI=1S/C13H18F2N2O/c1-8-4-5-9(11(15)10(8)14)12(17-16)13(18-2)6-3-7-13/h4-5,12,17H,3,6-7,16H2,1-2H3. The van der Waals surface area contributed by atoms with Crippen molar-refractivity contribution in [1.82, 2.24) is 5.43 Å². The predicted molar refractivity (Wildman–Crippen MR) is 64.8 cm³/mol. The topological polar surface area (TPSA) is 47.3 Å². The number of benzene rings is 1. The van der Waals surface area contributed by atoms with E-state index in [1.807, 2.05) is 0 Å². The van der Waals surface area contributed by atoms with Crippen LogP contribution in [0.2, 0.25) is 0 Å². The van der Waals surface area contributed by atoms with Crippen molar-refractivity contribution in [2.45, 2.75) is 37.8 Å². The number of rotatable bonds is 4. The summed E-state index contributed by atoms with van der Waals surface area (Å²) >= 11 is 0. The zero-order chi connectivity index (χ0) is 13.3. The van der Waals surface area contributed by atoms with Crippen molar-refractivity contribution in [2.24, 2.45) is 5.84 Å². The quantitative estimate of drug-likeness (QED) is 0.642. The third-order valence-electron chi connectivity index (χ3n) is 3.92. The number of halogens is 2. The molecule has 0 radical (unpaired) electrons. The number of hydrogen-bond acceptors (Lipinski definition) is 3. The molecule has 0 saturated heterocycles. The van der Waals surface area contributed by atoms with E-state index >= 15 is 0 Å². The van der Waals surface area contributed by atoms with Gasteiger partial charge in [-0.3, -0.25) is 5.84 Å². The second kappa shape index (κ2) is 4.91. The summed E-state index contributed by atoms with van der Waals surface area (Å²) in [5, 5.41) is 0. The van der Waals surface area contributed by atoms with Gasteiger partial charge < -0.3 is 4.74 Å². The van der Waals surface area contributed by atoms with Crippen LogP contribution < -0.4 is 11.3 Å². The van der Waals surface area contributed by atoms with Crippen LogP contribution in [-0.4, -0.2) is 12.7 Å². The van der Waals surface area contributed by atoms with Crippen LogP contribution in [0.1, 0.15) is 36.4 Å². The van der Waals surface area contributed by atoms with Crippen molar-refractivity contribution in [3.05, 3.63) is 34.9 Å². The fraction of sp³-hybridized carbons (Fsp3) is 0.538. The molecule has 1 aromatic rings. The Labute approximate surface area is 105 Å².